The molecule has 1 aliphatic rings. The summed E-state index contributed by atoms with van der Waals surface area (Å²) >= 11 is 0. The number of nitrogens with two attached hydrogens (primary N) is 2. The fourth-order valence-electron chi connectivity index (χ4n) is 3.22. The number of amides is 1. The zero-order chi connectivity index (χ0) is 20.5. The molecular formula is C22H16N2O5. The number of hydrogen-bond donors (Lipinski definition) is 2. The van der Waals surface area contributed by atoms with Gasteiger partial charge in [-0.3, -0.25) is 14.4 Å². The van der Waals surface area contributed by atoms with Crippen molar-refractivity contribution in [2.75, 3.05) is 12.3 Å². The average Bonchev–Trinajstić information content (AvgIpc) is 2.73. The maximum atomic E-state index is 13.1. The number of carbonyl (C=O) groups is 3. The van der Waals surface area contributed by atoms with Crippen LogP contribution in [0, 0.1) is 0 Å². The number of benzene rings is 3. The molecule has 144 valence electrons. The number of ether oxygens (including phenoxy) is 2. The summed E-state index contributed by atoms with van der Waals surface area (Å²) in [6.07, 6.45) is 0. The van der Waals surface area contributed by atoms with Crippen LogP contribution in [0.4, 0.5) is 5.69 Å². The molecule has 1 amide bonds. The molecule has 3 aromatic carbocycles. The molecule has 0 heterocycles. The molecular weight excluding hydrogens is 372 g/mol. The van der Waals surface area contributed by atoms with Gasteiger partial charge in [0.2, 0.25) is 0 Å². The molecule has 0 fully saturated rings. The largest absolute Gasteiger partial charge is 0.483 e. The predicted molar refractivity (Wildman–Crippen MR) is 105 cm³/mol. The average molecular weight is 388 g/mol. The molecule has 4 N–H and O–H groups in total. The maximum absolute atomic E-state index is 13.1. The highest BCUT2D eigenvalue weighted by Gasteiger charge is 2.35. The van der Waals surface area contributed by atoms with Gasteiger partial charge < -0.3 is 20.9 Å². The fraction of sp³-hybridized carbons (Fsp3) is 0.0455. The normalized spacial score (nSPS) is 12.1. The van der Waals surface area contributed by atoms with Crippen molar-refractivity contribution in [3.8, 4) is 17.2 Å². The lowest BCUT2D eigenvalue weighted by molar-refractivity contribution is -0.119. The quantitative estimate of drug-likeness (QED) is 0.507. The van der Waals surface area contributed by atoms with Crippen LogP contribution in [0.1, 0.15) is 31.8 Å². The van der Waals surface area contributed by atoms with Gasteiger partial charge in [0.05, 0.1) is 16.8 Å². The Balaban J connectivity index is 1.91. The number of primary amides is 1. The maximum Gasteiger partial charge on any atom is 0.255 e. The van der Waals surface area contributed by atoms with Crippen LogP contribution >= 0.6 is 0 Å². The molecule has 1 aliphatic carbocycles. The number of para-hydroxylation sites is 1. The number of fused-ring (bicyclic) bond motifs is 2. The summed E-state index contributed by atoms with van der Waals surface area (Å²) < 4.78 is 11.3. The lowest BCUT2D eigenvalue weighted by atomic mass is 9.82. The second-order valence-electron chi connectivity index (χ2n) is 6.41. The summed E-state index contributed by atoms with van der Waals surface area (Å²) in [5.74, 6) is -0.949. The Morgan fingerprint density at radius 2 is 1.41 bits per heavy atom. The smallest absolute Gasteiger partial charge is 0.255 e. The van der Waals surface area contributed by atoms with Crippen molar-refractivity contribution in [1.82, 2.24) is 0 Å². The molecule has 0 saturated carbocycles. The summed E-state index contributed by atoms with van der Waals surface area (Å²) in [5.41, 5.74) is 11.9. The molecule has 7 heteroatoms. The Labute approximate surface area is 165 Å². The number of rotatable bonds is 5. The Morgan fingerprint density at radius 3 is 2.03 bits per heavy atom. The zero-order valence-electron chi connectivity index (χ0n) is 15.2. The van der Waals surface area contributed by atoms with Crippen LogP contribution in [0.2, 0.25) is 0 Å². The van der Waals surface area contributed by atoms with Gasteiger partial charge in [-0.15, -0.1) is 0 Å². The molecule has 0 spiro atoms. The van der Waals surface area contributed by atoms with Crippen LogP contribution in [0.15, 0.2) is 60.7 Å². The minimum Gasteiger partial charge on any atom is -0.483 e. The second kappa shape index (κ2) is 7.12. The van der Waals surface area contributed by atoms with E-state index < -0.39 is 24.1 Å². The van der Waals surface area contributed by atoms with Gasteiger partial charge in [-0.25, -0.2) is 0 Å². The van der Waals surface area contributed by atoms with E-state index in [0.717, 1.165) is 0 Å². The number of hydrogen-bond acceptors (Lipinski definition) is 6. The molecule has 0 unspecified atom stereocenters. The lowest BCUT2D eigenvalue weighted by Crippen LogP contribution is -2.25. The number of carbonyl (C=O) groups excluding carboxylic acids is 3. The highest BCUT2D eigenvalue weighted by atomic mass is 16.5. The van der Waals surface area contributed by atoms with E-state index >= 15 is 0 Å². The van der Waals surface area contributed by atoms with Gasteiger partial charge in [-0.2, -0.15) is 0 Å². The fourth-order valence-corrected chi connectivity index (χ4v) is 3.22. The molecule has 0 aliphatic heterocycles. The molecule has 0 radical (unpaired) electrons. The van der Waals surface area contributed by atoms with E-state index in [1.165, 1.54) is 6.07 Å². The van der Waals surface area contributed by atoms with Crippen molar-refractivity contribution in [2.45, 2.75) is 0 Å². The van der Waals surface area contributed by atoms with Crippen LogP contribution in [-0.2, 0) is 4.79 Å². The van der Waals surface area contributed by atoms with Crippen molar-refractivity contribution in [3.63, 3.8) is 0 Å². The van der Waals surface area contributed by atoms with Gasteiger partial charge in [0.1, 0.15) is 11.5 Å². The van der Waals surface area contributed by atoms with E-state index in [1.807, 2.05) is 6.07 Å². The first-order valence-electron chi connectivity index (χ1n) is 8.76. The second-order valence-corrected chi connectivity index (χ2v) is 6.41. The first-order chi connectivity index (χ1) is 14.0. The van der Waals surface area contributed by atoms with E-state index in [4.69, 9.17) is 20.9 Å². The molecule has 4 rings (SSSR count). The highest BCUT2D eigenvalue weighted by molar-refractivity contribution is 6.31. The molecule has 29 heavy (non-hydrogen) atoms. The summed E-state index contributed by atoms with van der Waals surface area (Å²) in [5, 5.41) is 0. The molecule has 0 aromatic heterocycles. The van der Waals surface area contributed by atoms with E-state index in [2.05, 4.69) is 0 Å². The monoisotopic (exact) mass is 388 g/mol. The Bertz CT molecular complexity index is 1160. The third-order valence-corrected chi connectivity index (χ3v) is 4.50. The van der Waals surface area contributed by atoms with Crippen LogP contribution in [0.5, 0.6) is 17.2 Å². The van der Waals surface area contributed by atoms with Gasteiger partial charge in [-0.05, 0) is 12.1 Å². The molecule has 0 saturated heterocycles. The van der Waals surface area contributed by atoms with Gasteiger partial charge in [0, 0.05) is 17.2 Å². The van der Waals surface area contributed by atoms with E-state index in [0.29, 0.717) is 5.75 Å². The molecule has 0 atom stereocenters. The van der Waals surface area contributed by atoms with Crippen molar-refractivity contribution in [3.05, 3.63) is 82.9 Å². The Kier molecular flexibility index (Phi) is 4.48. The van der Waals surface area contributed by atoms with Crippen LogP contribution in [0.3, 0.4) is 0 Å². The first kappa shape index (κ1) is 18.2. The minimum atomic E-state index is -0.726. The molecule has 3 aromatic rings. The van der Waals surface area contributed by atoms with Crippen LogP contribution in [-0.4, -0.2) is 24.1 Å². The standard InChI is InChI=1S/C22H16N2O5/c23-17(25)11-28-15-10-16(29-12-6-2-1-3-7-12)20(24)19-18(15)21(26)13-8-4-5-9-14(13)22(19)27/h1-10H,11,24H2,(H2,23,25). The Hall–Kier alpha value is -4.13. The predicted octanol–water partition coefficient (Wildman–Crippen LogP) is 2.70. The highest BCUT2D eigenvalue weighted by Crippen LogP contribution is 2.43. The SMILES string of the molecule is NC(=O)COc1cc(Oc2ccccc2)c(N)c2c1C(=O)c1ccccc1C2=O. The van der Waals surface area contributed by atoms with Gasteiger partial charge in [0.15, 0.2) is 23.9 Å². The van der Waals surface area contributed by atoms with Crippen molar-refractivity contribution in [2.24, 2.45) is 5.73 Å². The van der Waals surface area contributed by atoms with Gasteiger partial charge in [0.25, 0.3) is 5.91 Å². The third kappa shape index (κ3) is 3.19. The molecule has 0 bridgehead atoms. The lowest BCUT2D eigenvalue weighted by Gasteiger charge is -2.23. The third-order valence-electron chi connectivity index (χ3n) is 4.50. The van der Waals surface area contributed by atoms with Crippen LogP contribution in [0.25, 0.3) is 0 Å². The molecule has 7 nitrogen and oxygen atoms in total. The Morgan fingerprint density at radius 1 is 0.828 bits per heavy atom. The van der Waals surface area contributed by atoms with Crippen molar-refractivity contribution < 1.29 is 23.9 Å². The minimum absolute atomic E-state index is 0.00628. The van der Waals surface area contributed by atoms with Crippen LogP contribution < -0.4 is 20.9 Å². The van der Waals surface area contributed by atoms with E-state index in [9.17, 15) is 14.4 Å². The summed E-state index contributed by atoms with van der Waals surface area (Å²) in [6.45, 7) is -0.468. The van der Waals surface area contributed by atoms with Gasteiger partial charge >= 0.3 is 0 Å². The van der Waals surface area contributed by atoms with E-state index in [1.54, 1.807) is 48.5 Å². The topological polar surface area (TPSA) is 122 Å². The number of nitrogen functional groups attached to an aromatic ring is 1. The summed E-state index contributed by atoms with van der Waals surface area (Å²) in [4.78, 5) is 37.4. The van der Waals surface area contributed by atoms with Gasteiger partial charge in [-0.1, -0.05) is 42.5 Å². The number of anilines is 1. The summed E-state index contributed by atoms with van der Waals surface area (Å²) in [6, 6.07) is 16.6. The van der Waals surface area contributed by atoms with Crippen molar-refractivity contribution in [1.29, 1.82) is 0 Å². The van der Waals surface area contributed by atoms with E-state index in [-0.39, 0.29) is 39.4 Å². The first-order valence-corrected chi connectivity index (χ1v) is 8.76. The zero-order valence-corrected chi connectivity index (χ0v) is 15.2. The summed E-state index contributed by atoms with van der Waals surface area (Å²) in [7, 11) is 0. The van der Waals surface area contributed by atoms with Crippen molar-refractivity contribution >= 4 is 23.2 Å². The number of ketones is 2.